The van der Waals surface area contributed by atoms with E-state index in [-0.39, 0.29) is 52.4 Å². The van der Waals surface area contributed by atoms with E-state index in [1.165, 1.54) is 28.9 Å². The molecule has 11 heteroatoms. The predicted molar refractivity (Wildman–Crippen MR) is 160 cm³/mol. The molecular weight excluding hydrogens is 561 g/mol. The van der Waals surface area contributed by atoms with Crippen LogP contribution in [0.2, 0.25) is 0 Å². The lowest BCUT2D eigenvalue weighted by atomic mass is 9.97. The van der Waals surface area contributed by atoms with Crippen LogP contribution in [-0.4, -0.2) is 52.5 Å². The normalized spacial score (nSPS) is 15.0. The zero-order chi connectivity index (χ0) is 30.9. The molecule has 0 unspecified atom stereocenters. The molecule has 3 aromatic rings. The fourth-order valence-corrected chi connectivity index (χ4v) is 5.19. The number of carbonyl (C=O) groups is 1. The van der Waals surface area contributed by atoms with Crippen LogP contribution in [0.15, 0.2) is 55.3 Å². The molecule has 1 aliphatic rings. The molecule has 8 nitrogen and oxygen atoms in total. The van der Waals surface area contributed by atoms with Gasteiger partial charge in [0.2, 0.25) is 0 Å². The zero-order valence-electron chi connectivity index (χ0n) is 24.1. The van der Waals surface area contributed by atoms with Crippen molar-refractivity contribution >= 4 is 28.1 Å². The van der Waals surface area contributed by atoms with Crippen molar-refractivity contribution in [3.05, 3.63) is 84.2 Å². The predicted octanol–water partition coefficient (Wildman–Crippen LogP) is 5.72. The maximum absolute atomic E-state index is 15.3. The molecule has 43 heavy (non-hydrogen) atoms. The lowest BCUT2D eigenvalue weighted by Gasteiger charge is -2.20. The van der Waals surface area contributed by atoms with Crippen molar-refractivity contribution in [2.24, 2.45) is 12.8 Å². The van der Waals surface area contributed by atoms with Crippen LogP contribution in [-0.2, 0) is 16.6 Å². The third-order valence-corrected chi connectivity index (χ3v) is 7.37. The summed E-state index contributed by atoms with van der Waals surface area (Å²) in [6.45, 7) is 5.02. The molecule has 0 amide bonds. The van der Waals surface area contributed by atoms with Crippen LogP contribution in [0.5, 0.6) is 5.75 Å². The maximum Gasteiger partial charge on any atom is 0.323 e. The van der Waals surface area contributed by atoms with Crippen LogP contribution >= 0.6 is 0 Å². The summed E-state index contributed by atoms with van der Waals surface area (Å²) in [7, 11) is 1.60. The number of nitrogens with zero attached hydrogens (tertiary/aromatic N) is 2. The Morgan fingerprint density at radius 3 is 2.70 bits per heavy atom. The highest BCUT2D eigenvalue weighted by molar-refractivity contribution is 6.04. The molecule has 0 spiro atoms. The molecule has 4 N–H and O–H groups in total. The summed E-state index contributed by atoms with van der Waals surface area (Å²) in [6, 6.07) is 5.46. The Labute approximate surface area is 248 Å². The summed E-state index contributed by atoms with van der Waals surface area (Å²) >= 11 is 0. The van der Waals surface area contributed by atoms with Crippen LogP contribution < -0.4 is 15.8 Å². The SMILES string of the molecule is C=C(C(=CC=CO)c1nc2cc(OCCCN[C@@H](CCN)C(=O)OC3CCCC3)cc(F)c2n1C)c1ccc(F)cc1F. The molecule has 1 aromatic heterocycles. The quantitative estimate of drug-likeness (QED) is 0.0942. The first-order chi connectivity index (χ1) is 20.7. The van der Waals surface area contributed by atoms with Crippen LogP contribution in [0, 0.1) is 17.5 Å². The minimum absolute atomic E-state index is 0.0188. The van der Waals surface area contributed by atoms with Gasteiger partial charge in [0.25, 0.3) is 0 Å². The number of nitrogens with one attached hydrogen (secondary N) is 1. The number of esters is 1. The number of benzene rings is 2. The molecule has 1 aliphatic carbocycles. The van der Waals surface area contributed by atoms with E-state index in [4.69, 9.17) is 15.2 Å². The summed E-state index contributed by atoms with van der Waals surface area (Å²) < 4.78 is 56.2. The van der Waals surface area contributed by atoms with Gasteiger partial charge in [-0.25, -0.2) is 18.2 Å². The number of rotatable bonds is 14. The van der Waals surface area contributed by atoms with E-state index in [1.807, 2.05) is 0 Å². The highest BCUT2D eigenvalue weighted by Crippen LogP contribution is 2.34. The van der Waals surface area contributed by atoms with E-state index in [2.05, 4.69) is 16.9 Å². The number of nitrogens with two attached hydrogens (primary N) is 1. The Morgan fingerprint density at radius 2 is 2.00 bits per heavy atom. The van der Waals surface area contributed by atoms with E-state index in [0.717, 1.165) is 44.1 Å². The minimum atomic E-state index is -0.820. The van der Waals surface area contributed by atoms with E-state index in [1.54, 1.807) is 13.1 Å². The number of hydrogen-bond acceptors (Lipinski definition) is 7. The molecule has 0 radical (unpaired) electrons. The minimum Gasteiger partial charge on any atom is -0.516 e. The summed E-state index contributed by atoms with van der Waals surface area (Å²) in [5.41, 5.74) is 6.64. The largest absolute Gasteiger partial charge is 0.516 e. The molecule has 0 bridgehead atoms. The van der Waals surface area contributed by atoms with E-state index >= 15 is 4.39 Å². The van der Waals surface area contributed by atoms with Crippen LogP contribution in [0.1, 0.15) is 49.9 Å². The highest BCUT2D eigenvalue weighted by Gasteiger charge is 2.25. The standard InChI is InChI=1S/C32H37F3N4O4/c1-20(24-11-10-21(33)17-26(24)34)25(9-5-15-40)31-38-29-19-23(18-27(35)30(29)39(31)2)42-16-6-14-37-28(12-13-36)32(41)43-22-7-3-4-8-22/h5,9-11,15,17-19,22,28,37,40H,1,3-4,6-8,12-14,16,36H2,2H3/t28-/m0/s1. The van der Waals surface area contributed by atoms with Gasteiger partial charge in [-0.2, -0.15) is 0 Å². The fourth-order valence-electron chi connectivity index (χ4n) is 5.19. The van der Waals surface area contributed by atoms with Gasteiger partial charge in [0, 0.05) is 36.4 Å². The van der Waals surface area contributed by atoms with Gasteiger partial charge >= 0.3 is 5.97 Å². The highest BCUT2D eigenvalue weighted by atomic mass is 19.1. The molecule has 1 saturated carbocycles. The van der Waals surface area contributed by atoms with Gasteiger partial charge in [-0.15, -0.1) is 0 Å². The Bertz CT molecular complexity index is 1510. The Kier molecular flexibility index (Phi) is 11.0. The first kappa shape index (κ1) is 31.8. The number of fused-ring (bicyclic) bond motifs is 1. The van der Waals surface area contributed by atoms with Gasteiger partial charge < -0.3 is 30.2 Å². The Balaban J connectivity index is 1.44. The average Bonchev–Trinajstić information content (AvgIpc) is 3.60. The molecule has 2 aromatic carbocycles. The number of allylic oxidation sites excluding steroid dienone is 4. The number of imidazole rings is 1. The average molecular weight is 599 g/mol. The van der Waals surface area contributed by atoms with Crippen molar-refractivity contribution in [1.29, 1.82) is 0 Å². The topological polar surface area (TPSA) is 112 Å². The number of aromatic nitrogens is 2. The zero-order valence-corrected chi connectivity index (χ0v) is 24.1. The fraction of sp³-hybridized carbons (Fsp3) is 0.375. The Hall–Kier alpha value is -4.09. The van der Waals surface area contributed by atoms with Crippen LogP contribution in [0.4, 0.5) is 13.2 Å². The molecule has 0 aliphatic heterocycles. The summed E-state index contributed by atoms with van der Waals surface area (Å²) in [4.78, 5) is 17.1. The third-order valence-electron chi connectivity index (χ3n) is 7.37. The maximum atomic E-state index is 15.3. The van der Waals surface area contributed by atoms with Crippen molar-refractivity contribution in [2.45, 2.75) is 50.7 Å². The van der Waals surface area contributed by atoms with E-state index in [9.17, 15) is 18.7 Å². The van der Waals surface area contributed by atoms with Crippen molar-refractivity contribution in [2.75, 3.05) is 19.7 Å². The van der Waals surface area contributed by atoms with Gasteiger partial charge in [-0.1, -0.05) is 6.58 Å². The molecule has 1 fully saturated rings. The summed E-state index contributed by atoms with van der Waals surface area (Å²) in [5.74, 6) is -1.92. The second-order valence-corrected chi connectivity index (χ2v) is 10.4. The van der Waals surface area contributed by atoms with Crippen molar-refractivity contribution in [1.82, 2.24) is 14.9 Å². The molecule has 1 heterocycles. The number of halogens is 3. The second kappa shape index (κ2) is 14.9. The number of carbonyl (C=O) groups excluding carboxylic acids is 1. The molecule has 1 atom stereocenters. The first-order valence-corrected chi connectivity index (χ1v) is 14.3. The van der Waals surface area contributed by atoms with Crippen molar-refractivity contribution in [3.63, 3.8) is 0 Å². The molecule has 230 valence electrons. The monoisotopic (exact) mass is 598 g/mol. The van der Waals surface area contributed by atoms with Gasteiger partial charge in [-0.05, 0) is 81.5 Å². The summed E-state index contributed by atoms with van der Waals surface area (Å²) in [6.07, 6.45) is 8.45. The number of ether oxygens (including phenoxy) is 2. The number of aliphatic hydroxyl groups is 1. The lowest BCUT2D eigenvalue weighted by Crippen LogP contribution is -2.41. The van der Waals surface area contributed by atoms with Gasteiger partial charge in [-0.3, -0.25) is 4.79 Å². The van der Waals surface area contributed by atoms with Gasteiger partial charge in [0.05, 0.1) is 18.4 Å². The van der Waals surface area contributed by atoms with Crippen LogP contribution in [0.25, 0.3) is 22.2 Å². The molecular formula is C32H37F3N4O4. The first-order valence-electron chi connectivity index (χ1n) is 14.3. The smallest absolute Gasteiger partial charge is 0.323 e. The van der Waals surface area contributed by atoms with Gasteiger partial charge in [0.1, 0.15) is 40.9 Å². The second-order valence-electron chi connectivity index (χ2n) is 10.4. The number of aryl methyl sites for hydroxylation is 1. The van der Waals surface area contributed by atoms with Gasteiger partial charge in [0.15, 0.2) is 5.82 Å². The lowest BCUT2D eigenvalue weighted by molar-refractivity contribution is -0.151. The van der Waals surface area contributed by atoms with Crippen molar-refractivity contribution in [3.8, 4) is 5.75 Å². The molecule has 0 saturated heterocycles. The van der Waals surface area contributed by atoms with E-state index in [0.29, 0.717) is 31.5 Å². The molecule has 4 rings (SSSR count). The van der Waals surface area contributed by atoms with E-state index < -0.39 is 23.5 Å². The summed E-state index contributed by atoms with van der Waals surface area (Å²) in [5, 5.41) is 12.4. The Morgan fingerprint density at radius 1 is 1.23 bits per heavy atom. The van der Waals surface area contributed by atoms with Crippen LogP contribution in [0.3, 0.4) is 0 Å². The van der Waals surface area contributed by atoms with Crippen molar-refractivity contribution < 1.29 is 32.5 Å². The number of hydrogen-bond donors (Lipinski definition) is 3. The number of aliphatic hydroxyl groups excluding tert-OH is 1. The third kappa shape index (κ3) is 7.85.